The van der Waals surface area contributed by atoms with Crippen LogP contribution < -0.4 is 15.4 Å². The Morgan fingerprint density at radius 1 is 1.19 bits per heavy atom. The number of anilines is 3. The Bertz CT molecular complexity index is 916. The van der Waals surface area contributed by atoms with Gasteiger partial charge in [0.15, 0.2) is 5.82 Å². The molecule has 0 fully saturated rings. The van der Waals surface area contributed by atoms with Crippen LogP contribution in [0.3, 0.4) is 0 Å². The molecular formula is C20H25N5O2. The van der Waals surface area contributed by atoms with Crippen molar-refractivity contribution < 1.29 is 9.84 Å². The lowest BCUT2D eigenvalue weighted by molar-refractivity contribution is 0.206. The molecule has 0 bridgehead atoms. The summed E-state index contributed by atoms with van der Waals surface area (Å²) in [6.07, 6.45) is 4.45. The molecule has 0 aliphatic rings. The lowest BCUT2D eigenvalue weighted by atomic mass is 10.1. The van der Waals surface area contributed by atoms with E-state index in [1.807, 2.05) is 38.1 Å². The highest BCUT2D eigenvalue weighted by Gasteiger charge is 2.10. The van der Waals surface area contributed by atoms with Crippen LogP contribution in [0.25, 0.3) is 10.8 Å². The molecule has 0 amide bonds. The van der Waals surface area contributed by atoms with Gasteiger partial charge >= 0.3 is 0 Å². The third-order valence-electron chi connectivity index (χ3n) is 4.25. The van der Waals surface area contributed by atoms with E-state index in [9.17, 15) is 0 Å². The van der Waals surface area contributed by atoms with Gasteiger partial charge in [0.05, 0.1) is 24.6 Å². The van der Waals surface area contributed by atoms with Gasteiger partial charge in [-0.15, -0.1) is 0 Å². The maximum absolute atomic E-state index is 9.01. The first-order valence-electron chi connectivity index (χ1n) is 9.11. The van der Waals surface area contributed by atoms with Crippen LogP contribution in [0.5, 0.6) is 5.88 Å². The molecule has 3 N–H and O–H groups in total. The fourth-order valence-corrected chi connectivity index (χ4v) is 2.59. The maximum Gasteiger partial charge on any atom is 0.237 e. The summed E-state index contributed by atoms with van der Waals surface area (Å²) in [5.74, 6) is 1.79. The summed E-state index contributed by atoms with van der Waals surface area (Å²) in [5.41, 5.74) is 1.70. The zero-order valence-corrected chi connectivity index (χ0v) is 15.9. The maximum atomic E-state index is 9.01. The minimum absolute atomic E-state index is 0.0800. The minimum atomic E-state index is 0.0800. The van der Waals surface area contributed by atoms with Gasteiger partial charge in [-0.25, -0.2) is 4.98 Å². The van der Waals surface area contributed by atoms with Gasteiger partial charge in [-0.05, 0) is 37.8 Å². The Labute approximate surface area is 158 Å². The van der Waals surface area contributed by atoms with Crippen molar-refractivity contribution in [3.05, 3.63) is 42.4 Å². The van der Waals surface area contributed by atoms with E-state index in [2.05, 4.69) is 32.5 Å². The number of hydrogen-bond donors (Lipinski definition) is 3. The lowest BCUT2D eigenvalue weighted by Crippen LogP contribution is -2.13. The van der Waals surface area contributed by atoms with Crippen LogP contribution in [-0.4, -0.2) is 39.3 Å². The van der Waals surface area contributed by atoms with Crippen LogP contribution in [0.2, 0.25) is 0 Å². The van der Waals surface area contributed by atoms with Gasteiger partial charge in [0.2, 0.25) is 5.88 Å². The van der Waals surface area contributed by atoms with Crippen molar-refractivity contribution >= 4 is 28.1 Å². The average molecular weight is 367 g/mol. The lowest BCUT2D eigenvalue weighted by Gasteiger charge is -2.14. The van der Waals surface area contributed by atoms with Gasteiger partial charge in [0.25, 0.3) is 0 Å². The predicted octanol–water partition coefficient (Wildman–Crippen LogP) is 3.66. The van der Waals surface area contributed by atoms with Crippen LogP contribution in [0, 0.1) is 6.92 Å². The molecule has 7 heteroatoms. The molecule has 0 aliphatic carbocycles. The molecule has 0 spiro atoms. The molecule has 3 rings (SSSR count). The average Bonchev–Trinajstić information content (AvgIpc) is 2.68. The molecule has 0 aliphatic heterocycles. The summed E-state index contributed by atoms with van der Waals surface area (Å²) >= 11 is 0. The SMILES string of the molecule is CCC(C)Oc1nc(Nc2cc3cccc(NCCO)c3cn2)cnc1C. The summed E-state index contributed by atoms with van der Waals surface area (Å²) in [7, 11) is 0. The molecule has 2 aromatic heterocycles. The molecule has 0 saturated carbocycles. The van der Waals surface area contributed by atoms with E-state index >= 15 is 0 Å². The van der Waals surface area contributed by atoms with E-state index < -0.39 is 0 Å². The van der Waals surface area contributed by atoms with Crippen LogP contribution in [0.15, 0.2) is 36.7 Å². The molecule has 0 saturated heterocycles. The molecule has 142 valence electrons. The standard InChI is InChI=1S/C20H25N5O2/c1-4-13(2)27-20-14(3)22-12-19(25-20)24-18-10-15-6-5-7-17(21-8-9-26)16(15)11-23-18/h5-7,10-13,21,26H,4,8-9H2,1-3H3,(H,23,24,25). The van der Waals surface area contributed by atoms with Crippen molar-refractivity contribution in [3.63, 3.8) is 0 Å². The first kappa shape index (κ1) is 18.8. The summed E-state index contributed by atoms with van der Waals surface area (Å²) in [6.45, 7) is 6.53. The molecule has 1 aromatic carbocycles. The number of rotatable bonds is 8. The number of pyridine rings is 1. The van der Waals surface area contributed by atoms with E-state index in [-0.39, 0.29) is 12.7 Å². The minimum Gasteiger partial charge on any atom is -0.473 e. The molecule has 27 heavy (non-hydrogen) atoms. The second-order valence-electron chi connectivity index (χ2n) is 6.35. The number of fused-ring (bicyclic) bond motifs is 1. The molecular weight excluding hydrogens is 342 g/mol. The van der Waals surface area contributed by atoms with Gasteiger partial charge < -0.3 is 20.5 Å². The van der Waals surface area contributed by atoms with Crippen molar-refractivity contribution in [1.29, 1.82) is 0 Å². The van der Waals surface area contributed by atoms with E-state index in [4.69, 9.17) is 9.84 Å². The van der Waals surface area contributed by atoms with Crippen molar-refractivity contribution in [2.24, 2.45) is 0 Å². The second-order valence-corrected chi connectivity index (χ2v) is 6.35. The zero-order chi connectivity index (χ0) is 19.2. The summed E-state index contributed by atoms with van der Waals surface area (Å²) < 4.78 is 5.83. The number of benzene rings is 1. The molecule has 3 aromatic rings. The van der Waals surface area contributed by atoms with Gasteiger partial charge in [-0.2, -0.15) is 4.98 Å². The molecule has 1 unspecified atom stereocenters. The van der Waals surface area contributed by atoms with Crippen LogP contribution in [0.4, 0.5) is 17.3 Å². The van der Waals surface area contributed by atoms with Gasteiger partial charge in [-0.1, -0.05) is 19.1 Å². The first-order chi connectivity index (χ1) is 13.1. The van der Waals surface area contributed by atoms with Crippen molar-refractivity contribution in [2.45, 2.75) is 33.3 Å². The molecule has 1 atom stereocenters. The van der Waals surface area contributed by atoms with E-state index in [1.165, 1.54) is 0 Å². The van der Waals surface area contributed by atoms with Gasteiger partial charge in [0, 0.05) is 23.8 Å². The number of hydrogen-bond acceptors (Lipinski definition) is 7. The largest absolute Gasteiger partial charge is 0.473 e. The van der Waals surface area contributed by atoms with Crippen molar-refractivity contribution in [2.75, 3.05) is 23.8 Å². The number of aliphatic hydroxyl groups is 1. The highest BCUT2D eigenvalue weighted by molar-refractivity contribution is 5.94. The third kappa shape index (κ3) is 4.62. The smallest absolute Gasteiger partial charge is 0.237 e. The number of aromatic nitrogens is 3. The first-order valence-corrected chi connectivity index (χ1v) is 9.11. The summed E-state index contributed by atoms with van der Waals surface area (Å²) in [4.78, 5) is 13.4. The topological polar surface area (TPSA) is 92.2 Å². The van der Waals surface area contributed by atoms with Gasteiger partial charge in [-0.3, -0.25) is 4.98 Å². The normalized spacial score (nSPS) is 12.0. The van der Waals surface area contributed by atoms with Gasteiger partial charge in [0.1, 0.15) is 5.82 Å². The Hall–Kier alpha value is -2.93. The van der Waals surface area contributed by atoms with Crippen LogP contribution in [0.1, 0.15) is 26.0 Å². The third-order valence-corrected chi connectivity index (χ3v) is 4.25. The predicted molar refractivity (Wildman–Crippen MR) is 108 cm³/mol. The number of nitrogens with one attached hydrogen (secondary N) is 2. The molecule has 2 heterocycles. The Balaban J connectivity index is 1.83. The van der Waals surface area contributed by atoms with E-state index in [0.29, 0.717) is 24.1 Å². The highest BCUT2D eigenvalue weighted by Crippen LogP contribution is 2.26. The zero-order valence-electron chi connectivity index (χ0n) is 15.9. The number of nitrogens with zero attached hydrogens (tertiary/aromatic N) is 3. The van der Waals surface area contributed by atoms with Crippen molar-refractivity contribution in [1.82, 2.24) is 15.0 Å². The van der Waals surface area contributed by atoms with Crippen LogP contribution in [-0.2, 0) is 0 Å². The summed E-state index contributed by atoms with van der Waals surface area (Å²) in [5, 5.41) is 17.4. The van der Waals surface area contributed by atoms with E-state index in [1.54, 1.807) is 12.4 Å². The number of ether oxygens (including phenoxy) is 1. The number of aryl methyl sites for hydroxylation is 1. The monoisotopic (exact) mass is 367 g/mol. The number of aliphatic hydroxyl groups excluding tert-OH is 1. The molecule has 7 nitrogen and oxygen atoms in total. The second kappa shape index (κ2) is 8.64. The summed E-state index contributed by atoms with van der Waals surface area (Å²) in [6, 6.07) is 7.91. The van der Waals surface area contributed by atoms with E-state index in [0.717, 1.165) is 28.6 Å². The molecule has 0 radical (unpaired) electrons. The fraction of sp³-hybridized carbons (Fsp3) is 0.350. The van der Waals surface area contributed by atoms with Crippen LogP contribution >= 0.6 is 0 Å². The highest BCUT2D eigenvalue weighted by atomic mass is 16.5. The fourth-order valence-electron chi connectivity index (χ4n) is 2.59. The van der Waals surface area contributed by atoms with Crippen molar-refractivity contribution in [3.8, 4) is 5.88 Å². The Kier molecular flexibility index (Phi) is 6.03. The quantitative estimate of drug-likeness (QED) is 0.559. The Morgan fingerprint density at radius 2 is 2.04 bits per heavy atom. The Morgan fingerprint density at radius 3 is 2.81 bits per heavy atom.